The summed E-state index contributed by atoms with van der Waals surface area (Å²) in [5.74, 6) is 0.485. The molecule has 5 nitrogen and oxygen atoms in total. The summed E-state index contributed by atoms with van der Waals surface area (Å²) in [6, 6.07) is 17.7. The highest BCUT2D eigenvalue weighted by molar-refractivity contribution is 7.17. The van der Waals surface area contributed by atoms with Gasteiger partial charge in [-0.05, 0) is 66.3 Å². The maximum Gasteiger partial charge on any atom is 0.341 e. The molecule has 1 amide bonds. The van der Waals surface area contributed by atoms with Gasteiger partial charge in [0.2, 0.25) is 0 Å². The van der Waals surface area contributed by atoms with Crippen molar-refractivity contribution in [3.63, 3.8) is 0 Å². The van der Waals surface area contributed by atoms with Crippen molar-refractivity contribution in [1.82, 2.24) is 0 Å². The first-order chi connectivity index (χ1) is 16.8. The third-order valence-corrected chi connectivity index (χ3v) is 7.72. The average molecular weight is 492 g/mol. The summed E-state index contributed by atoms with van der Waals surface area (Å²) in [7, 11) is 0. The number of carbonyl (C=O) groups excluding carboxylic acids is 2. The standard InChI is InChI=1S/C29H33NO4S/c1-5-33-28(32)26-23-16-13-21(29(2,3)4)17-24(23)35-27(26)30-25(31)18-34-22-14-11-20(12-15-22)19-9-7-6-8-10-19/h6-12,14-15,21H,5,13,16-18H2,1-4H3,(H,30,31). The van der Waals surface area contributed by atoms with E-state index in [1.165, 1.54) is 16.2 Å². The number of hydrogen-bond donors (Lipinski definition) is 1. The second kappa shape index (κ2) is 10.6. The van der Waals surface area contributed by atoms with Gasteiger partial charge in [-0.25, -0.2) is 4.79 Å². The summed E-state index contributed by atoms with van der Waals surface area (Å²) in [5, 5.41) is 3.49. The fourth-order valence-corrected chi connectivity index (χ4v) is 5.85. The third kappa shape index (κ3) is 5.93. The van der Waals surface area contributed by atoms with Crippen molar-refractivity contribution in [2.75, 3.05) is 18.5 Å². The highest BCUT2D eigenvalue weighted by Crippen LogP contribution is 2.44. The number of fused-ring (bicyclic) bond motifs is 1. The Labute approximate surface area is 211 Å². The molecular formula is C29H33NO4S. The van der Waals surface area contributed by atoms with Crippen LogP contribution < -0.4 is 10.1 Å². The van der Waals surface area contributed by atoms with Crippen molar-refractivity contribution < 1.29 is 19.1 Å². The van der Waals surface area contributed by atoms with Crippen molar-refractivity contribution in [1.29, 1.82) is 0 Å². The van der Waals surface area contributed by atoms with E-state index in [-0.39, 0.29) is 23.9 Å². The minimum Gasteiger partial charge on any atom is -0.484 e. The molecule has 0 spiro atoms. The van der Waals surface area contributed by atoms with Crippen LogP contribution in [0.3, 0.4) is 0 Å². The Morgan fingerprint density at radius 3 is 2.37 bits per heavy atom. The first-order valence-corrected chi connectivity index (χ1v) is 13.0. The van der Waals surface area contributed by atoms with Gasteiger partial charge in [0.05, 0.1) is 12.2 Å². The van der Waals surface area contributed by atoms with Crippen molar-refractivity contribution in [3.05, 3.63) is 70.6 Å². The molecule has 0 saturated carbocycles. The predicted molar refractivity (Wildman–Crippen MR) is 141 cm³/mol. The Morgan fingerprint density at radius 2 is 1.71 bits per heavy atom. The molecule has 1 N–H and O–H groups in total. The SMILES string of the molecule is CCOC(=O)c1c(NC(=O)COc2ccc(-c3ccccc3)cc2)sc2c1CCC(C(C)(C)C)C2. The molecule has 1 unspecified atom stereocenters. The molecule has 0 fully saturated rings. The van der Waals surface area contributed by atoms with Gasteiger partial charge < -0.3 is 14.8 Å². The Morgan fingerprint density at radius 1 is 1.03 bits per heavy atom. The minimum absolute atomic E-state index is 0.139. The van der Waals surface area contributed by atoms with Crippen LogP contribution in [0.5, 0.6) is 5.75 Å². The van der Waals surface area contributed by atoms with E-state index >= 15 is 0 Å². The van der Waals surface area contributed by atoms with Crippen molar-refractivity contribution >= 4 is 28.2 Å². The molecule has 1 aliphatic carbocycles. The molecule has 1 aromatic heterocycles. The predicted octanol–water partition coefficient (Wildman–Crippen LogP) is 6.76. The van der Waals surface area contributed by atoms with Crippen LogP contribution in [-0.4, -0.2) is 25.1 Å². The number of esters is 1. The number of anilines is 1. The molecule has 0 bridgehead atoms. The molecule has 0 aliphatic heterocycles. The van der Waals surface area contributed by atoms with Crippen molar-refractivity contribution in [2.45, 2.75) is 47.0 Å². The largest absolute Gasteiger partial charge is 0.484 e. The van der Waals surface area contributed by atoms with Gasteiger partial charge in [0.25, 0.3) is 5.91 Å². The van der Waals surface area contributed by atoms with Gasteiger partial charge >= 0.3 is 5.97 Å². The molecule has 1 aliphatic rings. The van der Waals surface area contributed by atoms with Crippen LogP contribution in [0.2, 0.25) is 0 Å². The number of benzene rings is 2. The van der Waals surface area contributed by atoms with Gasteiger partial charge in [0, 0.05) is 4.88 Å². The molecular weight excluding hydrogens is 458 g/mol. The van der Waals surface area contributed by atoms with Gasteiger partial charge in [-0.15, -0.1) is 11.3 Å². The average Bonchev–Trinajstić information content (AvgIpc) is 3.20. The molecule has 3 aromatic rings. The molecule has 35 heavy (non-hydrogen) atoms. The van der Waals surface area contributed by atoms with Crippen LogP contribution >= 0.6 is 11.3 Å². The van der Waals surface area contributed by atoms with E-state index in [4.69, 9.17) is 9.47 Å². The van der Waals surface area contributed by atoms with E-state index in [9.17, 15) is 9.59 Å². The van der Waals surface area contributed by atoms with Crippen LogP contribution in [0.25, 0.3) is 11.1 Å². The number of thiophene rings is 1. The summed E-state index contributed by atoms with van der Waals surface area (Å²) in [6.07, 6.45) is 2.76. The van der Waals surface area contributed by atoms with Gasteiger partial charge in [-0.3, -0.25) is 4.79 Å². The van der Waals surface area contributed by atoms with Crippen LogP contribution in [0.1, 0.15) is 54.9 Å². The number of ether oxygens (including phenoxy) is 2. The Bertz CT molecular complexity index is 1180. The van der Waals surface area contributed by atoms with Gasteiger partial charge in [0.15, 0.2) is 6.61 Å². The smallest absolute Gasteiger partial charge is 0.341 e. The van der Waals surface area contributed by atoms with Gasteiger partial charge in [-0.2, -0.15) is 0 Å². The molecule has 0 saturated heterocycles. The van der Waals surface area contributed by atoms with Crippen molar-refractivity contribution in [3.8, 4) is 16.9 Å². The van der Waals surface area contributed by atoms with E-state index in [0.717, 1.165) is 36.0 Å². The number of hydrogen-bond acceptors (Lipinski definition) is 5. The minimum atomic E-state index is -0.369. The van der Waals surface area contributed by atoms with E-state index < -0.39 is 0 Å². The van der Waals surface area contributed by atoms with Crippen LogP contribution in [0.15, 0.2) is 54.6 Å². The topological polar surface area (TPSA) is 64.6 Å². The highest BCUT2D eigenvalue weighted by atomic mass is 32.1. The lowest BCUT2D eigenvalue weighted by atomic mass is 9.72. The maximum absolute atomic E-state index is 12.8. The molecule has 0 radical (unpaired) electrons. The molecule has 1 atom stereocenters. The first kappa shape index (κ1) is 25.0. The van der Waals surface area contributed by atoms with Crippen LogP contribution in [0, 0.1) is 11.3 Å². The molecule has 4 rings (SSSR count). The molecule has 184 valence electrons. The summed E-state index contributed by atoms with van der Waals surface area (Å²) < 4.78 is 11.0. The lowest BCUT2D eigenvalue weighted by Gasteiger charge is -2.33. The quantitative estimate of drug-likeness (QED) is 0.371. The van der Waals surface area contributed by atoms with Crippen LogP contribution in [0.4, 0.5) is 5.00 Å². The van der Waals surface area contributed by atoms with E-state index in [1.54, 1.807) is 6.92 Å². The van der Waals surface area contributed by atoms with Gasteiger partial charge in [-0.1, -0.05) is 63.2 Å². The Balaban J connectivity index is 1.45. The summed E-state index contributed by atoms with van der Waals surface area (Å²) >= 11 is 1.50. The lowest BCUT2D eigenvalue weighted by Crippen LogP contribution is -2.26. The van der Waals surface area contributed by atoms with E-state index in [1.807, 2.05) is 42.5 Å². The zero-order valence-electron chi connectivity index (χ0n) is 20.9. The van der Waals surface area contributed by atoms with E-state index in [2.05, 4.69) is 38.2 Å². The normalized spacial score (nSPS) is 15.3. The zero-order valence-corrected chi connectivity index (χ0v) is 21.7. The summed E-state index contributed by atoms with van der Waals surface area (Å²) in [5.41, 5.74) is 3.94. The third-order valence-electron chi connectivity index (χ3n) is 6.55. The number of carbonyl (C=O) groups is 2. The number of amides is 1. The fourth-order valence-electron chi connectivity index (χ4n) is 4.52. The second-order valence-electron chi connectivity index (χ2n) is 9.96. The highest BCUT2D eigenvalue weighted by Gasteiger charge is 2.34. The van der Waals surface area contributed by atoms with E-state index in [0.29, 0.717) is 28.8 Å². The fraction of sp³-hybridized carbons (Fsp3) is 0.379. The first-order valence-electron chi connectivity index (χ1n) is 12.2. The second-order valence-corrected chi connectivity index (χ2v) is 11.1. The molecule has 2 aromatic carbocycles. The summed E-state index contributed by atoms with van der Waals surface area (Å²) in [4.78, 5) is 26.7. The number of nitrogens with one attached hydrogen (secondary N) is 1. The van der Waals surface area contributed by atoms with Crippen molar-refractivity contribution in [2.24, 2.45) is 11.3 Å². The maximum atomic E-state index is 12.8. The Hall–Kier alpha value is -3.12. The lowest BCUT2D eigenvalue weighted by molar-refractivity contribution is -0.118. The Kier molecular flexibility index (Phi) is 7.60. The molecule has 1 heterocycles. The monoisotopic (exact) mass is 491 g/mol. The summed E-state index contributed by atoms with van der Waals surface area (Å²) in [6.45, 7) is 8.73. The zero-order chi connectivity index (χ0) is 25.0. The van der Waals surface area contributed by atoms with Gasteiger partial charge in [0.1, 0.15) is 10.8 Å². The van der Waals surface area contributed by atoms with Crippen LogP contribution in [-0.2, 0) is 22.4 Å². The number of rotatable bonds is 7. The molecule has 6 heteroatoms.